The van der Waals surface area contributed by atoms with Crippen molar-refractivity contribution in [1.29, 1.82) is 0 Å². The number of hydrogen-bond donors (Lipinski definition) is 1. The molecule has 7 nitrogen and oxygen atoms in total. The van der Waals surface area contributed by atoms with Gasteiger partial charge in [-0.2, -0.15) is 0 Å². The Labute approximate surface area is 168 Å². The molecule has 1 N–H and O–H groups in total. The fourth-order valence-electron chi connectivity index (χ4n) is 3.33. The Balaban J connectivity index is 0.00000280. The molecule has 150 valence electrons. The summed E-state index contributed by atoms with van der Waals surface area (Å²) in [5.41, 5.74) is 1.06. The first-order valence-corrected chi connectivity index (χ1v) is 8.67. The topological polar surface area (TPSA) is 78.7 Å². The predicted molar refractivity (Wildman–Crippen MR) is 107 cm³/mol. The number of benzene rings is 2. The fraction of sp³-hybridized carbons (Fsp3) is 0.316. The normalized spacial score (nSPS) is 16.2. The highest BCUT2D eigenvalue weighted by Gasteiger charge is 2.29. The number of anilines is 1. The van der Waals surface area contributed by atoms with Gasteiger partial charge < -0.3 is 15.1 Å². The van der Waals surface area contributed by atoms with Gasteiger partial charge >= 0.3 is 0 Å². The highest BCUT2D eigenvalue weighted by atomic mass is 35.5. The van der Waals surface area contributed by atoms with Crippen LogP contribution in [-0.4, -0.2) is 49.0 Å². The third-order valence-corrected chi connectivity index (χ3v) is 4.66. The smallest absolute Gasteiger partial charge is 0.292 e. The molecule has 28 heavy (non-hydrogen) atoms. The van der Waals surface area contributed by atoms with E-state index in [9.17, 15) is 19.3 Å². The molecule has 0 radical (unpaired) electrons. The van der Waals surface area contributed by atoms with Gasteiger partial charge in [-0.15, -0.1) is 12.4 Å². The molecule has 1 amide bonds. The molecule has 2 aromatic carbocycles. The molecule has 1 heterocycles. The Bertz CT molecular complexity index is 851. The molecule has 1 unspecified atom stereocenters. The predicted octanol–water partition coefficient (Wildman–Crippen LogP) is 2.77. The van der Waals surface area contributed by atoms with E-state index >= 15 is 0 Å². The average molecular weight is 409 g/mol. The number of nitrogens with zero attached hydrogens (tertiary/aromatic N) is 3. The van der Waals surface area contributed by atoms with Gasteiger partial charge in [-0.25, -0.2) is 4.39 Å². The van der Waals surface area contributed by atoms with E-state index in [1.165, 1.54) is 18.2 Å². The number of halogens is 2. The summed E-state index contributed by atoms with van der Waals surface area (Å²) in [5.74, 6) is -0.506. The third-order valence-electron chi connectivity index (χ3n) is 4.66. The summed E-state index contributed by atoms with van der Waals surface area (Å²) in [6.07, 6.45) is 0. The maximum absolute atomic E-state index is 13.6. The summed E-state index contributed by atoms with van der Waals surface area (Å²) in [7, 11) is 1.65. The van der Waals surface area contributed by atoms with Crippen LogP contribution in [0, 0.1) is 15.9 Å². The lowest BCUT2D eigenvalue weighted by Crippen LogP contribution is -2.51. The van der Waals surface area contributed by atoms with Crippen molar-refractivity contribution in [3.8, 4) is 0 Å². The molecule has 0 aromatic heterocycles. The standard InChI is InChI=1S/C19H21FN4O3.ClH/c1-22(16-7-2-3-8-17(16)24(26)27)13-19(25)23-10-9-21-12-18(23)14-5-4-6-15(20)11-14;/h2-8,11,18,21H,9-10,12-13H2,1H3;1H. The van der Waals surface area contributed by atoms with E-state index in [4.69, 9.17) is 0 Å². The molecule has 0 spiro atoms. The van der Waals surface area contributed by atoms with E-state index in [0.29, 0.717) is 25.3 Å². The lowest BCUT2D eigenvalue weighted by Gasteiger charge is -2.37. The van der Waals surface area contributed by atoms with Crippen LogP contribution >= 0.6 is 12.4 Å². The van der Waals surface area contributed by atoms with Gasteiger partial charge in [0.05, 0.1) is 17.5 Å². The van der Waals surface area contributed by atoms with E-state index in [-0.39, 0.29) is 42.4 Å². The van der Waals surface area contributed by atoms with Crippen molar-refractivity contribution < 1.29 is 14.1 Å². The molecular formula is C19H22ClFN4O3. The van der Waals surface area contributed by atoms with Gasteiger partial charge in [0.1, 0.15) is 11.5 Å². The van der Waals surface area contributed by atoms with Crippen LogP contribution in [0.15, 0.2) is 48.5 Å². The number of nitrogens with one attached hydrogen (secondary N) is 1. The molecule has 2 aromatic rings. The van der Waals surface area contributed by atoms with Crippen molar-refractivity contribution in [2.45, 2.75) is 6.04 Å². The maximum atomic E-state index is 13.6. The molecule has 0 saturated carbocycles. The maximum Gasteiger partial charge on any atom is 0.292 e. The Morgan fingerprint density at radius 1 is 1.32 bits per heavy atom. The van der Waals surface area contributed by atoms with Gasteiger partial charge in [-0.05, 0) is 23.8 Å². The summed E-state index contributed by atoms with van der Waals surface area (Å²) >= 11 is 0. The van der Waals surface area contributed by atoms with Gasteiger partial charge in [0.15, 0.2) is 0 Å². The lowest BCUT2D eigenvalue weighted by atomic mass is 10.0. The number of amides is 1. The van der Waals surface area contributed by atoms with E-state index in [2.05, 4.69) is 5.32 Å². The molecule has 1 aliphatic rings. The zero-order valence-electron chi connectivity index (χ0n) is 15.4. The van der Waals surface area contributed by atoms with Gasteiger partial charge in [-0.1, -0.05) is 24.3 Å². The third kappa shape index (κ3) is 4.76. The number of rotatable bonds is 5. The SMILES string of the molecule is CN(CC(=O)N1CCNCC1c1cccc(F)c1)c1ccccc1[N+](=O)[O-].Cl. The van der Waals surface area contributed by atoms with Crippen LogP contribution in [0.2, 0.25) is 0 Å². The van der Waals surface area contributed by atoms with Crippen molar-refractivity contribution in [1.82, 2.24) is 10.2 Å². The average Bonchev–Trinajstić information content (AvgIpc) is 2.67. The van der Waals surface area contributed by atoms with Crippen LogP contribution in [-0.2, 0) is 4.79 Å². The van der Waals surface area contributed by atoms with E-state index in [0.717, 1.165) is 5.56 Å². The van der Waals surface area contributed by atoms with E-state index in [1.54, 1.807) is 47.2 Å². The molecule has 0 bridgehead atoms. The quantitative estimate of drug-likeness (QED) is 0.608. The minimum absolute atomic E-state index is 0. The zero-order valence-corrected chi connectivity index (χ0v) is 16.2. The number of hydrogen-bond acceptors (Lipinski definition) is 5. The van der Waals surface area contributed by atoms with Gasteiger partial charge in [0.2, 0.25) is 5.91 Å². The highest BCUT2D eigenvalue weighted by molar-refractivity contribution is 5.85. The molecule has 1 fully saturated rings. The first-order chi connectivity index (χ1) is 13.0. The number of piperazine rings is 1. The monoisotopic (exact) mass is 408 g/mol. The summed E-state index contributed by atoms with van der Waals surface area (Å²) in [4.78, 5) is 27.0. The van der Waals surface area contributed by atoms with Crippen LogP contribution in [0.4, 0.5) is 15.8 Å². The summed E-state index contributed by atoms with van der Waals surface area (Å²) < 4.78 is 13.6. The van der Waals surface area contributed by atoms with Crippen molar-refractivity contribution in [2.75, 3.05) is 38.1 Å². The van der Waals surface area contributed by atoms with Crippen LogP contribution < -0.4 is 10.2 Å². The summed E-state index contributed by atoms with van der Waals surface area (Å²) in [6, 6.07) is 12.3. The second-order valence-corrected chi connectivity index (χ2v) is 6.46. The second kappa shape index (κ2) is 9.48. The van der Waals surface area contributed by atoms with Crippen molar-refractivity contribution in [3.63, 3.8) is 0 Å². The first-order valence-electron chi connectivity index (χ1n) is 8.67. The molecule has 3 rings (SSSR count). The fourth-order valence-corrected chi connectivity index (χ4v) is 3.33. The van der Waals surface area contributed by atoms with E-state index in [1.807, 2.05) is 0 Å². The second-order valence-electron chi connectivity index (χ2n) is 6.46. The van der Waals surface area contributed by atoms with Crippen LogP contribution in [0.1, 0.15) is 11.6 Å². The zero-order chi connectivity index (χ0) is 19.4. The van der Waals surface area contributed by atoms with Crippen LogP contribution in [0.25, 0.3) is 0 Å². The number of likely N-dealkylation sites (N-methyl/N-ethyl adjacent to an activating group) is 1. The van der Waals surface area contributed by atoms with Crippen molar-refractivity contribution >= 4 is 29.7 Å². The first kappa shape index (κ1) is 21.6. The van der Waals surface area contributed by atoms with Gasteiger partial charge in [0, 0.05) is 32.7 Å². The molecular weight excluding hydrogens is 387 g/mol. The van der Waals surface area contributed by atoms with Gasteiger partial charge in [-0.3, -0.25) is 14.9 Å². The minimum Gasteiger partial charge on any atom is -0.360 e. The number of nitro benzene ring substituents is 1. The Hall–Kier alpha value is -2.71. The van der Waals surface area contributed by atoms with Crippen molar-refractivity contribution in [2.24, 2.45) is 0 Å². The summed E-state index contributed by atoms with van der Waals surface area (Å²) in [5, 5.41) is 14.4. The largest absolute Gasteiger partial charge is 0.360 e. The Morgan fingerprint density at radius 2 is 2.07 bits per heavy atom. The molecule has 1 atom stereocenters. The van der Waals surface area contributed by atoms with Crippen LogP contribution in [0.3, 0.4) is 0 Å². The highest BCUT2D eigenvalue weighted by Crippen LogP contribution is 2.28. The molecule has 1 saturated heterocycles. The molecule has 0 aliphatic carbocycles. The van der Waals surface area contributed by atoms with E-state index < -0.39 is 4.92 Å². The van der Waals surface area contributed by atoms with Crippen molar-refractivity contribution in [3.05, 3.63) is 70.0 Å². The Morgan fingerprint density at radius 3 is 2.79 bits per heavy atom. The van der Waals surface area contributed by atoms with Gasteiger partial charge in [0.25, 0.3) is 5.69 Å². The van der Waals surface area contributed by atoms with Crippen LogP contribution in [0.5, 0.6) is 0 Å². The number of carbonyl (C=O) groups is 1. The molecule has 9 heteroatoms. The number of nitro groups is 1. The summed E-state index contributed by atoms with van der Waals surface area (Å²) in [6.45, 7) is 1.67. The minimum atomic E-state index is -0.462. The Kier molecular flexibility index (Phi) is 7.31. The lowest BCUT2D eigenvalue weighted by molar-refractivity contribution is -0.384. The number of carbonyl (C=O) groups excluding carboxylic acids is 1. The molecule has 1 aliphatic heterocycles. The number of para-hydroxylation sites is 2.